The van der Waals surface area contributed by atoms with Gasteiger partial charge < -0.3 is 20.9 Å². The highest BCUT2D eigenvalue weighted by Gasteiger charge is 2.23. The summed E-state index contributed by atoms with van der Waals surface area (Å²) >= 11 is 0. The third kappa shape index (κ3) is 6.02. The van der Waals surface area contributed by atoms with E-state index in [2.05, 4.69) is 41.9 Å². The number of aryl methyl sites for hydroxylation is 1. The molecule has 2 amide bonds. The normalized spacial score (nSPS) is 17.9. The molecule has 0 spiro atoms. The average molecular weight is 475 g/mol. The zero-order valence-corrected chi connectivity index (χ0v) is 21.6. The van der Waals surface area contributed by atoms with E-state index in [9.17, 15) is 4.79 Å². The van der Waals surface area contributed by atoms with E-state index < -0.39 is 0 Å². The minimum absolute atomic E-state index is 0.123. The number of carbonyl (C=O) groups excluding carboxylic acids is 1. The molecule has 3 aromatic rings. The Bertz CT molecular complexity index is 1170. The number of nitrogens with zero attached hydrogens (tertiary/aromatic N) is 3. The van der Waals surface area contributed by atoms with Gasteiger partial charge in [0.15, 0.2) is 0 Å². The molecule has 4 rings (SSSR count). The van der Waals surface area contributed by atoms with Crippen molar-refractivity contribution in [3.8, 4) is 0 Å². The Balaban J connectivity index is 1.29. The number of fused-ring (bicyclic) bond motifs is 1. The molecule has 1 aliphatic carbocycles. The van der Waals surface area contributed by atoms with Crippen LogP contribution in [0, 0.1) is 12.8 Å². The molecule has 1 saturated carbocycles. The molecule has 0 bridgehead atoms. The molecule has 186 valence electrons. The Morgan fingerprint density at radius 1 is 1.03 bits per heavy atom. The number of carbonyl (C=O) groups is 1. The molecule has 0 radical (unpaired) electrons. The van der Waals surface area contributed by atoms with Crippen LogP contribution in [0.5, 0.6) is 0 Å². The van der Waals surface area contributed by atoms with Gasteiger partial charge in [-0.1, -0.05) is 44.2 Å². The van der Waals surface area contributed by atoms with Gasteiger partial charge in [0.2, 0.25) is 5.95 Å². The number of hydrogen-bond acceptors (Lipinski definition) is 5. The first-order valence-corrected chi connectivity index (χ1v) is 12.7. The first-order chi connectivity index (χ1) is 16.8. The predicted molar refractivity (Wildman–Crippen MR) is 146 cm³/mol. The van der Waals surface area contributed by atoms with E-state index in [1.54, 1.807) is 0 Å². The standard InChI is InChI=1S/C28H38N6O/c1-18(2)22-11-8-9-19(3)25(22)32-28(35)29-17-20-13-15-21(16-14-20)30-27-31-24-12-7-6-10-23(24)26(33-27)34(4)5/h6-12,18,20-21H,13-17H2,1-5H3,(H2,29,32,35)(H,30,31,33)/t20-,21+. The van der Waals surface area contributed by atoms with Crippen molar-refractivity contribution in [3.63, 3.8) is 0 Å². The zero-order valence-electron chi connectivity index (χ0n) is 21.6. The van der Waals surface area contributed by atoms with Gasteiger partial charge in [-0.15, -0.1) is 0 Å². The highest BCUT2D eigenvalue weighted by atomic mass is 16.2. The van der Waals surface area contributed by atoms with E-state index in [1.807, 2.05) is 56.3 Å². The van der Waals surface area contributed by atoms with E-state index in [-0.39, 0.29) is 6.03 Å². The fourth-order valence-electron chi connectivity index (χ4n) is 4.90. The van der Waals surface area contributed by atoms with Gasteiger partial charge >= 0.3 is 6.03 Å². The highest BCUT2D eigenvalue weighted by Crippen LogP contribution is 2.29. The maximum Gasteiger partial charge on any atom is 0.319 e. The fraction of sp³-hybridized carbons (Fsp3) is 0.464. The first-order valence-electron chi connectivity index (χ1n) is 12.7. The van der Waals surface area contributed by atoms with Crippen LogP contribution in [0.4, 0.5) is 22.2 Å². The van der Waals surface area contributed by atoms with Crippen LogP contribution in [0.15, 0.2) is 42.5 Å². The molecule has 35 heavy (non-hydrogen) atoms. The van der Waals surface area contributed by atoms with Crippen molar-refractivity contribution in [2.24, 2.45) is 5.92 Å². The monoisotopic (exact) mass is 474 g/mol. The number of hydrogen-bond donors (Lipinski definition) is 3. The summed E-state index contributed by atoms with van der Waals surface area (Å²) in [5, 5.41) is 10.8. The first kappa shape index (κ1) is 24.8. The maximum absolute atomic E-state index is 12.6. The smallest absolute Gasteiger partial charge is 0.319 e. The summed E-state index contributed by atoms with van der Waals surface area (Å²) in [6.07, 6.45) is 4.20. The SMILES string of the molecule is Cc1cccc(C(C)C)c1NC(=O)NC[C@H]1CC[C@@H](Nc2nc(N(C)C)c3ccccc3n2)CC1. The minimum atomic E-state index is -0.123. The highest BCUT2D eigenvalue weighted by molar-refractivity contribution is 5.91. The average Bonchev–Trinajstić information content (AvgIpc) is 2.84. The quantitative estimate of drug-likeness (QED) is 0.396. The summed E-state index contributed by atoms with van der Waals surface area (Å²) < 4.78 is 0. The van der Waals surface area contributed by atoms with E-state index in [4.69, 9.17) is 9.97 Å². The van der Waals surface area contributed by atoms with Gasteiger partial charge in [0.1, 0.15) is 5.82 Å². The third-order valence-electron chi connectivity index (χ3n) is 6.90. The molecule has 2 aromatic carbocycles. The summed E-state index contributed by atoms with van der Waals surface area (Å²) in [7, 11) is 4.02. The molecule has 1 aliphatic rings. The van der Waals surface area contributed by atoms with Crippen LogP contribution in [0.25, 0.3) is 10.9 Å². The lowest BCUT2D eigenvalue weighted by Gasteiger charge is -2.29. The molecule has 7 heteroatoms. The number of rotatable bonds is 7. The maximum atomic E-state index is 12.6. The second-order valence-electron chi connectivity index (χ2n) is 10.2. The molecule has 3 N–H and O–H groups in total. The van der Waals surface area contributed by atoms with Gasteiger partial charge in [-0.2, -0.15) is 4.98 Å². The molecule has 1 aromatic heterocycles. The van der Waals surface area contributed by atoms with Gasteiger partial charge in [0, 0.05) is 37.8 Å². The number of anilines is 3. The lowest BCUT2D eigenvalue weighted by atomic mass is 9.86. The molecule has 1 heterocycles. The van der Waals surface area contributed by atoms with E-state index in [0.717, 1.165) is 53.7 Å². The van der Waals surface area contributed by atoms with Crippen molar-refractivity contribution in [1.29, 1.82) is 0 Å². The van der Waals surface area contributed by atoms with E-state index in [1.165, 1.54) is 5.56 Å². The second kappa shape index (κ2) is 10.9. The molecule has 0 unspecified atom stereocenters. The number of amides is 2. The summed E-state index contributed by atoms with van der Waals surface area (Å²) in [6.45, 7) is 7.03. The van der Waals surface area contributed by atoms with Gasteiger partial charge in [-0.05, 0) is 67.7 Å². The Morgan fingerprint density at radius 2 is 1.77 bits per heavy atom. The molecule has 1 fully saturated rings. The van der Waals surface area contributed by atoms with Crippen LogP contribution in [0.3, 0.4) is 0 Å². The minimum Gasteiger partial charge on any atom is -0.362 e. The molecule has 7 nitrogen and oxygen atoms in total. The molecular formula is C28H38N6O. The number of aromatic nitrogens is 2. The van der Waals surface area contributed by atoms with Crippen molar-refractivity contribution in [2.75, 3.05) is 36.2 Å². The molecule has 0 aliphatic heterocycles. The van der Waals surface area contributed by atoms with Crippen molar-refractivity contribution < 1.29 is 4.79 Å². The number of para-hydroxylation sites is 2. The second-order valence-corrected chi connectivity index (χ2v) is 10.2. The number of benzene rings is 2. The third-order valence-corrected chi connectivity index (χ3v) is 6.90. The van der Waals surface area contributed by atoms with Crippen LogP contribution in [-0.4, -0.2) is 42.7 Å². The topological polar surface area (TPSA) is 82.2 Å². The lowest BCUT2D eigenvalue weighted by Crippen LogP contribution is -2.36. The van der Waals surface area contributed by atoms with Crippen LogP contribution in [0.1, 0.15) is 56.6 Å². The van der Waals surface area contributed by atoms with Gasteiger partial charge in [-0.3, -0.25) is 0 Å². The van der Waals surface area contributed by atoms with Crippen LogP contribution in [-0.2, 0) is 0 Å². The Kier molecular flexibility index (Phi) is 7.73. The Morgan fingerprint density at radius 3 is 2.49 bits per heavy atom. The number of nitrogens with one attached hydrogen (secondary N) is 3. The van der Waals surface area contributed by atoms with Crippen LogP contribution >= 0.6 is 0 Å². The number of urea groups is 1. The van der Waals surface area contributed by atoms with Crippen molar-refractivity contribution in [3.05, 3.63) is 53.6 Å². The van der Waals surface area contributed by atoms with Gasteiger partial charge in [0.05, 0.1) is 5.52 Å². The molecular weight excluding hydrogens is 436 g/mol. The Labute approximate surface area is 208 Å². The zero-order chi connectivity index (χ0) is 24.9. The summed E-state index contributed by atoms with van der Waals surface area (Å²) in [6, 6.07) is 14.5. The summed E-state index contributed by atoms with van der Waals surface area (Å²) in [4.78, 5) is 24.2. The van der Waals surface area contributed by atoms with Crippen LogP contribution < -0.4 is 20.9 Å². The van der Waals surface area contributed by atoms with Gasteiger partial charge in [-0.25, -0.2) is 9.78 Å². The van der Waals surface area contributed by atoms with E-state index >= 15 is 0 Å². The lowest BCUT2D eigenvalue weighted by molar-refractivity contribution is 0.246. The predicted octanol–water partition coefficient (Wildman–Crippen LogP) is 5.92. The van der Waals surface area contributed by atoms with Crippen molar-refractivity contribution in [1.82, 2.24) is 15.3 Å². The summed E-state index contributed by atoms with van der Waals surface area (Å²) in [5.41, 5.74) is 4.14. The van der Waals surface area contributed by atoms with Crippen molar-refractivity contribution in [2.45, 2.75) is 58.4 Å². The molecule has 0 atom stereocenters. The summed E-state index contributed by atoms with van der Waals surface area (Å²) in [5.74, 6) is 2.45. The van der Waals surface area contributed by atoms with Crippen LogP contribution in [0.2, 0.25) is 0 Å². The fourth-order valence-corrected chi connectivity index (χ4v) is 4.90. The molecule has 0 saturated heterocycles. The van der Waals surface area contributed by atoms with Gasteiger partial charge in [0.25, 0.3) is 0 Å². The Hall–Kier alpha value is -3.35. The van der Waals surface area contributed by atoms with E-state index in [0.29, 0.717) is 30.4 Å². The largest absolute Gasteiger partial charge is 0.362 e. The van der Waals surface area contributed by atoms with Crippen molar-refractivity contribution >= 4 is 34.4 Å².